The van der Waals surface area contributed by atoms with E-state index in [1.165, 1.54) is 0 Å². The highest BCUT2D eigenvalue weighted by molar-refractivity contribution is 6.32. The molecule has 1 heterocycles. The highest BCUT2D eigenvalue weighted by atomic mass is 35.5. The molecule has 0 aliphatic heterocycles. The van der Waals surface area contributed by atoms with Gasteiger partial charge >= 0.3 is 0 Å². The fourth-order valence-corrected chi connectivity index (χ4v) is 1.78. The van der Waals surface area contributed by atoms with Crippen LogP contribution in [0.15, 0.2) is 12.3 Å². The first-order valence-corrected chi connectivity index (χ1v) is 6.04. The molecular weight excluding hydrogens is 259 g/mol. The number of aromatic nitrogens is 1. The van der Waals surface area contributed by atoms with E-state index in [0.717, 1.165) is 12.3 Å². The van der Waals surface area contributed by atoms with E-state index in [4.69, 9.17) is 16.7 Å². The maximum absolute atomic E-state index is 13.0. The molecule has 0 saturated heterocycles. The normalized spacial score (nSPS) is 12.6. The third-order valence-corrected chi connectivity index (χ3v) is 2.66. The van der Waals surface area contributed by atoms with Crippen LogP contribution < -0.4 is 5.32 Å². The van der Waals surface area contributed by atoms with Crippen molar-refractivity contribution in [3.05, 3.63) is 28.8 Å². The molecule has 0 aromatic carbocycles. The van der Waals surface area contributed by atoms with E-state index in [1.807, 2.05) is 13.8 Å². The summed E-state index contributed by atoms with van der Waals surface area (Å²) >= 11 is 5.72. The number of nitrogens with one attached hydrogen (secondary N) is 1. The molecule has 4 nitrogen and oxygen atoms in total. The Bertz CT molecular complexity index is 427. The van der Waals surface area contributed by atoms with Crippen LogP contribution >= 0.6 is 11.6 Å². The third kappa shape index (κ3) is 4.23. The number of amides is 1. The zero-order chi connectivity index (χ0) is 13.7. The smallest absolute Gasteiger partial charge is 0.254 e. The SMILES string of the molecule is CC(C)CC(CO)NC(=O)c1cc(F)cnc1Cl. The molecule has 0 radical (unpaired) electrons. The quantitative estimate of drug-likeness (QED) is 0.808. The number of halogens is 2. The van der Waals surface area contributed by atoms with E-state index in [1.54, 1.807) is 0 Å². The molecule has 1 rings (SSSR count). The van der Waals surface area contributed by atoms with Crippen LogP contribution in [0.5, 0.6) is 0 Å². The van der Waals surface area contributed by atoms with Gasteiger partial charge in [0.15, 0.2) is 0 Å². The molecule has 0 spiro atoms. The Labute approximate surface area is 110 Å². The minimum absolute atomic E-state index is 0.0288. The van der Waals surface area contributed by atoms with E-state index in [9.17, 15) is 9.18 Å². The first-order chi connectivity index (χ1) is 8.43. The number of carbonyl (C=O) groups excluding carboxylic acids is 1. The van der Waals surface area contributed by atoms with Gasteiger partial charge in [-0.1, -0.05) is 25.4 Å². The van der Waals surface area contributed by atoms with Gasteiger partial charge in [0.05, 0.1) is 24.4 Å². The molecule has 2 N–H and O–H groups in total. The lowest BCUT2D eigenvalue weighted by Crippen LogP contribution is -2.38. The van der Waals surface area contributed by atoms with Crippen LogP contribution in [0.4, 0.5) is 4.39 Å². The van der Waals surface area contributed by atoms with Crippen LogP contribution in [0.2, 0.25) is 5.15 Å². The summed E-state index contributed by atoms with van der Waals surface area (Å²) < 4.78 is 13.0. The van der Waals surface area contributed by atoms with Crippen molar-refractivity contribution >= 4 is 17.5 Å². The van der Waals surface area contributed by atoms with Crippen molar-refractivity contribution in [2.24, 2.45) is 5.92 Å². The fourth-order valence-electron chi connectivity index (χ4n) is 1.59. The van der Waals surface area contributed by atoms with E-state index in [-0.39, 0.29) is 23.4 Å². The highest BCUT2D eigenvalue weighted by Crippen LogP contribution is 2.14. The largest absolute Gasteiger partial charge is 0.394 e. The lowest BCUT2D eigenvalue weighted by molar-refractivity contribution is 0.0907. The monoisotopic (exact) mass is 274 g/mol. The molecule has 100 valence electrons. The number of aliphatic hydroxyl groups excluding tert-OH is 1. The average Bonchev–Trinajstić information content (AvgIpc) is 2.30. The summed E-state index contributed by atoms with van der Waals surface area (Å²) in [6.45, 7) is 3.78. The molecule has 0 aliphatic rings. The van der Waals surface area contributed by atoms with Gasteiger partial charge in [-0.25, -0.2) is 9.37 Å². The molecule has 0 aliphatic carbocycles. The molecule has 1 aromatic rings. The van der Waals surface area contributed by atoms with Gasteiger partial charge in [-0.2, -0.15) is 0 Å². The van der Waals surface area contributed by atoms with Crippen molar-refractivity contribution in [1.82, 2.24) is 10.3 Å². The molecule has 1 amide bonds. The number of hydrogen-bond acceptors (Lipinski definition) is 3. The standard InChI is InChI=1S/C12H16ClFN2O2/c1-7(2)3-9(6-17)16-12(18)10-4-8(14)5-15-11(10)13/h4-5,7,9,17H,3,6H2,1-2H3,(H,16,18). The molecule has 0 saturated carbocycles. The maximum atomic E-state index is 13.0. The summed E-state index contributed by atoms with van der Waals surface area (Å²) in [7, 11) is 0. The Morgan fingerprint density at radius 2 is 2.28 bits per heavy atom. The summed E-state index contributed by atoms with van der Waals surface area (Å²) in [6, 6.07) is 0.644. The number of rotatable bonds is 5. The topological polar surface area (TPSA) is 62.2 Å². The Hall–Kier alpha value is -1.20. The minimum Gasteiger partial charge on any atom is -0.394 e. The lowest BCUT2D eigenvalue weighted by Gasteiger charge is -2.18. The van der Waals surface area contributed by atoms with Gasteiger partial charge in [0.25, 0.3) is 5.91 Å². The minimum atomic E-state index is -0.631. The molecule has 1 unspecified atom stereocenters. The van der Waals surface area contributed by atoms with Crippen molar-refractivity contribution < 1.29 is 14.3 Å². The number of aliphatic hydroxyl groups is 1. The third-order valence-electron chi connectivity index (χ3n) is 2.36. The first kappa shape index (κ1) is 14.9. The molecule has 1 aromatic heterocycles. The first-order valence-electron chi connectivity index (χ1n) is 5.66. The lowest BCUT2D eigenvalue weighted by atomic mass is 10.0. The zero-order valence-corrected chi connectivity index (χ0v) is 11.0. The predicted molar refractivity (Wildman–Crippen MR) is 67.0 cm³/mol. The van der Waals surface area contributed by atoms with Crippen LogP contribution in [0, 0.1) is 11.7 Å². The van der Waals surface area contributed by atoms with Crippen molar-refractivity contribution in [2.75, 3.05) is 6.61 Å². The summed E-state index contributed by atoms with van der Waals surface area (Å²) in [5.41, 5.74) is -0.0288. The second-order valence-corrected chi connectivity index (χ2v) is 4.83. The van der Waals surface area contributed by atoms with Crippen LogP contribution in [0.3, 0.4) is 0 Å². The zero-order valence-electron chi connectivity index (χ0n) is 10.3. The average molecular weight is 275 g/mol. The van der Waals surface area contributed by atoms with Gasteiger partial charge in [0.2, 0.25) is 0 Å². The van der Waals surface area contributed by atoms with Gasteiger partial charge in [-0.3, -0.25) is 4.79 Å². The molecule has 1 atom stereocenters. The Morgan fingerprint density at radius 3 is 2.83 bits per heavy atom. The van der Waals surface area contributed by atoms with E-state index in [2.05, 4.69) is 10.3 Å². The predicted octanol–water partition coefficient (Wildman–Crippen LogP) is 2.01. The Balaban J connectivity index is 2.77. The molecule has 6 heteroatoms. The van der Waals surface area contributed by atoms with Crippen molar-refractivity contribution in [1.29, 1.82) is 0 Å². The van der Waals surface area contributed by atoms with E-state index >= 15 is 0 Å². The van der Waals surface area contributed by atoms with Gasteiger partial charge in [-0.05, 0) is 18.4 Å². The van der Waals surface area contributed by atoms with Gasteiger partial charge < -0.3 is 10.4 Å². The van der Waals surface area contributed by atoms with Crippen molar-refractivity contribution in [2.45, 2.75) is 26.3 Å². The van der Waals surface area contributed by atoms with Gasteiger partial charge in [0, 0.05) is 0 Å². The number of hydrogen-bond donors (Lipinski definition) is 2. The van der Waals surface area contributed by atoms with Gasteiger partial charge in [-0.15, -0.1) is 0 Å². The second kappa shape index (κ2) is 6.66. The number of carbonyl (C=O) groups is 1. The summed E-state index contributed by atoms with van der Waals surface area (Å²) in [6.07, 6.45) is 1.57. The van der Waals surface area contributed by atoms with E-state index < -0.39 is 11.7 Å². The van der Waals surface area contributed by atoms with Crippen LogP contribution in [0.1, 0.15) is 30.6 Å². The molecule has 0 fully saturated rings. The Morgan fingerprint density at radius 1 is 1.61 bits per heavy atom. The van der Waals surface area contributed by atoms with Crippen LogP contribution in [0.25, 0.3) is 0 Å². The molecule has 0 bridgehead atoms. The summed E-state index contributed by atoms with van der Waals surface area (Å²) in [5.74, 6) is -0.843. The highest BCUT2D eigenvalue weighted by Gasteiger charge is 2.17. The summed E-state index contributed by atoms with van der Waals surface area (Å²) in [5, 5.41) is 11.7. The van der Waals surface area contributed by atoms with Crippen LogP contribution in [-0.2, 0) is 0 Å². The van der Waals surface area contributed by atoms with Crippen molar-refractivity contribution in [3.63, 3.8) is 0 Å². The number of pyridine rings is 1. The number of nitrogens with zero attached hydrogens (tertiary/aromatic N) is 1. The summed E-state index contributed by atoms with van der Waals surface area (Å²) in [4.78, 5) is 15.4. The van der Waals surface area contributed by atoms with E-state index in [0.29, 0.717) is 12.3 Å². The fraction of sp³-hybridized carbons (Fsp3) is 0.500. The van der Waals surface area contributed by atoms with Gasteiger partial charge in [0.1, 0.15) is 11.0 Å². The van der Waals surface area contributed by atoms with Crippen LogP contribution in [-0.4, -0.2) is 28.6 Å². The second-order valence-electron chi connectivity index (χ2n) is 4.47. The molecule has 18 heavy (non-hydrogen) atoms. The maximum Gasteiger partial charge on any atom is 0.254 e. The Kier molecular flexibility index (Phi) is 5.50. The molecular formula is C12H16ClFN2O2. The van der Waals surface area contributed by atoms with Crippen molar-refractivity contribution in [3.8, 4) is 0 Å².